The number of alkyl halides is 3. The molecular formula is C13H9F3O2S. The molecule has 6 heteroatoms. The van der Waals surface area contributed by atoms with E-state index in [9.17, 15) is 18.0 Å². The number of carbonyl (C=O) groups excluding carboxylic acids is 1. The summed E-state index contributed by atoms with van der Waals surface area (Å²) in [7, 11) is 0. The highest BCUT2D eigenvalue weighted by molar-refractivity contribution is 7.15. The molecule has 2 rings (SSSR count). The molecule has 1 heterocycles. The van der Waals surface area contributed by atoms with Crippen molar-refractivity contribution in [2.24, 2.45) is 0 Å². The lowest BCUT2D eigenvalue weighted by Gasteiger charge is -2.11. The van der Waals surface area contributed by atoms with E-state index in [1.807, 2.05) is 19.1 Å². The lowest BCUT2D eigenvalue weighted by Crippen LogP contribution is -2.18. The molecule has 2 aromatic rings. The van der Waals surface area contributed by atoms with Gasteiger partial charge in [0.2, 0.25) is 0 Å². The quantitative estimate of drug-likeness (QED) is 0.780. The minimum absolute atomic E-state index is 0.130. The molecular weight excluding hydrogens is 277 g/mol. The number of rotatable bonds is 3. The number of carbonyl (C=O) groups is 1. The second-order valence-electron chi connectivity index (χ2n) is 3.83. The van der Waals surface area contributed by atoms with Gasteiger partial charge in [0.1, 0.15) is 5.75 Å². The van der Waals surface area contributed by atoms with Crippen LogP contribution in [0.2, 0.25) is 0 Å². The van der Waals surface area contributed by atoms with Gasteiger partial charge >= 0.3 is 6.36 Å². The first-order valence-corrected chi connectivity index (χ1v) is 6.12. The zero-order valence-corrected chi connectivity index (χ0v) is 10.6. The third-order valence-corrected chi connectivity index (χ3v) is 3.44. The predicted molar refractivity (Wildman–Crippen MR) is 66.6 cm³/mol. The number of hydrogen-bond acceptors (Lipinski definition) is 3. The van der Waals surface area contributed by atoms with E-state index in [0.717, 1.165) is 9.75 Å². The van der Waals surface area contributed by atoms with Crippen LogP contribution in [0, 0.1) is 6.92 Å². The van der Waals surface area contributed by atoms with Gasteiger partial charge < -0.3 is 4.74 Å². The normalized spacial score (nSPS) is 11.4. The van der Waals surface area contributed by atoms with E-state index in [0.29, 0.717) is 11.8 Å². The molecule has 0 fully saturated rings. The summed E-state index contributed by atoms with van der Waals surface area (Å²) in [5.41, 5.74) is 0.456. The van der Waals surface area contributed by atoms with E-state index in [1.165, 1.54) is 23.5 Å². The molecule has 2 nitrogen and oxygen atoms in total. The van der Waals surface area contributed by atoms with Crippen molar-refractivity contribution in [3.8, 4) is 16.2 Å². The Hall–Kier alpha value is -1.82. The molecule has 0 unspecified atom stereocenters. The highest BCUT2D eigenvalue weighted by atomic mass is 32.1. The summed E-state index contributed by atoms with van der Waals surface area (Å²) in [6.07, 6.45) is -4.48. The maximum Gasteiger partial charge on any atom is 0.573 e. The number of benzene rings is 1. The van der Waals surface area contributed by atoms with Gasteiger partial charge in [-0.2, -0.15) is 0 Å². The van der Waals surface area contributed by atoms with Crippen molar-refractivity contribution >= 4 is 17.6 Å². The monoisotopic (exact) mass is 286 g/mol. The summed E-state index contributed by atoms with van der Waals surface area (Å²) in [5, 5.41) is 0. The number of aryl methyl sites for hydroxylation is 1. The average Bonchev–Trinajstić information content (AvgIpc) is 2.74. The second kappa shape index (κ2) is 5.05. The van der Waals surface area contributed by atoms with Crippen LogP contribution in [0.25, 0.3) is 10.4 Å². The van der Waals surface area contributed by atoms with Crippen LogP contribution in [-0.4, -0.2) is 12.6 Å². The topological polar surface area (TPSA) is 26.3 Å². The zero-order valence-electron chi connectivity index (χ0n) is 9.82. The van der Waals surface area contributed by atoms with Crippen molar-refractivity contribution in [2.75, 3.05) is 0 Å². The number of aldehydes is 1. The zero-order chi connectivity index (χ0) is 14.0. The first-order chi connectivity index (χ1) is 8.89. The smallest absolute Gasteiger partial charge is 0.405 e. The molecule has 0 aliphatic rings. The standard InChI is InChI=1S/C13H9F3O2S/c1-8-2-5-12(19-8)9-3-4-10(7-17)11(6-9)18-13(14,15)16/h2-7H,1H3. The molecule has 1 aromatic heterocycles. The van der Waals surface area contributed by atoms with E-state index in [-0.39, 0.29) is 5.56 Å². The van der Waals surface area contributed by atoms with E-state index < -0.39 is 12.1 Å². The maximum atomic E-state index is 12.3. The lowest BCUT2D eigenvalue weighted by atomic mass is 10.1. The summed E-state index contributed by atoms with van der Waals surface area (Å²) in [5.74, 6) is -0.481. The van der Waals surface area contributed by atoms with Crippen LogP contribution >= 0.6 is 11.3 Å². The Morgan fingerprint density at radius 2 is 1.95 bits per heavy atom. The number of halogens is 3. The van der Waals surface area contributed by atoms with Crippen molar-refractivity contribution < 1.29 is 22.7 Å². The van der Waals surface area contributed by atoms with E-state index in [4.69, 9.17) is 0 Å². The van der Waals surface area contributed by atoms with E-state index in [2.05, 4.69) is 4.74 Å². The molecule has 0 aliphatic heterocycles. The Kier molecular flexibility index (Phi) is 3.61. The molecule has 0 spiro atoms. The van der Waals surface area contributed by atoms with Gasteiger partial charge in [-0.25, -0.2) is 0 Å². The molecule has 0 bridgehead atoms. The summed E-state index contributed by atoms with van der Waals surface area (Å²) >= 11 is 1.46. The van der Waals surface area contributed by atoms with Crippen LogP contribution in [0.3, 0.4) is 0 Å². The van der Waals surface area contributed by atoms with Crippen LogP contribution in [0.15, 0.2) is 30.3 Å². The van der Waals surface area contributed by atoms with Gasteiger partial charge in [-0.3, -0.25) is 4.79 Å². The fourth-order valence-corrected chi connectivity index (χ4v) is 2.45. The maximum absolute atomic E-state index is 12.3. The van der Waals surface area contributed by atoms with Gasteiger partial charge in [-0.05, 0) is 36.8 Å². The van der Waals surface area contributed by atoms with Gasteiger partial charge in [0.25, 0.3) is 0 Å². The van der Waals surface area contributed by atoms with Crippen LogP contribution in [-0.2, 0) is 0 Å². The summed E-state index contributed by atoms with van der Waals surface area (Å²) in [6.45, 7) is 1.90. The summed E-state index contributed by atoms with van der Waals surface area (Å²) in [4.78, 5) is 12.6. The fourth-order valence-electron chi connectivity index (χ4n) is 1.59. The number of hydrogen-bond donors (Lipinski definition) is 0. The first-order valence-electron chi connectivity index (χ1n) is 5.31. The predicted octanol–water partition coefficient (Wildman–Crippen LogP) is 4.43. The number of ether oxygens (including phenoxy) is 1. The molecule has 1 aromatic carbocycles. The lowest BCUT2D eigenvalue weighted by molar-refractivity contribution is -0.274. The Morgan fingerprint density at radius 1 is 1.21 bits per heavy atom. The molecule has 0 amide bonds. The van der Waals surface area contributed by atoms with Gasteiger partial charge in [0.15, 0.2) is 6.29 Å². The summed E-state index contributed by atoms with van der Waals surface area (Å²) < 4.78 is 40.6. The Labute approximate surface area is 111 Å². The SMILES string of the molecule is Cc1ccc(-c2ccc(C=O)c(OC(F)(F)F)c2)s1. The largest absolute Gasteiger partial charge is 0.573 e. The van der Waals surface area contributed by atoms with Gasteiger partial charge in [-0.15, -0.1) is 24.5 Å². The Bertz CT molecular complexity index is 602. The fraction of sp³-hybridized carbons (Fsp3) is 0.154. The molecule has 100 valence electrons. The molecule has 0 radical (unpaired) electrons. The Balaban J connectivity index is 2.43. The minimum Gasteiger partial charge on any atom is -0.405 e. The van der Waals surface area contributed by atoms with E-state index >= 15 is 0 Å². The third-order valence-electron chi connectivity index (χ3n) is 2.39. The van der Waals surface area contributed by atoms with Crippen molar-refractivity contribution in [3.05, 3.63) is 40.8 Å². The molecule has 0 atom stereocenters. The highest BCUT2D eigenvalue weighted by Gasteiger charge is 2.32. The molecule has 19 heavy (non-hydrogen) atoms. The number of thiophene rings is 1. The minimum atomic E-state index is -4.82. The van der Waals surface area contributed by atoms with Gasteiger partial charge in [0.05, 0.1) is 5.56 Å². The highest BCUT2D eigenvalue weighted by Crippen LogP contribution is 2.33. The van der Waals surface area contributed by atoms with Crippen molar-refractivity contribution in [3.63, 3.8) is 0 Å². The third kappa shape index (κ3) is 3.35. The van der Waals surface area contributed by atoms with Crippen molar-refractivity contribution in [2.45, 2.75) is 13.3 Å². The van der Waals surface area contributed by atoms with Gasteiger partial charge in [0, 0.05) is 9.75 Å². The van der Waals surface area contributed by atoms with E-state index in [1.54, 1.807) is 6.07 Å². The van der Waals surface area contributed by atoms with Crippen LogP contribution in [0.5, 0.6) is 5.75 Å². The molecule has 0 aliphatic carbocycles. The molecule has 0 saturated heterocycles. The Morgan fingerprint density at radius 3 is 2.47 bits per heavy atom. The van der Waals surface area contributed by atoms with Crippen LogP contribution in [0.4, 0.5) is 13.2 Å². The molecule has 0 N–H and O–H groups in total. The van der Waals surface area contributed by atoms with Gasteiger partial charge in [-0.1, -0.05) is 6.07 Å². The first kappa shape index (κ1) is 13.6. The average molecular weight is 286 g/mol. The van der Waals surface area contributed by atoms with Crippen molar-refractivity contribution in [1.29, 1.82) is 0 Å². The van der Waals surface area contributed by atoms with Crippen LogP contribution < -0.4 is 4.74 Å². The van der Waals surface area contributed by atoms with Crippen LogP contribution in [0.1, 0.15) is 15.2 Å². The van der Waals surface area contributed by atoms with Crippen molar-refractivity contribution in [1.82, 2.24) is 0 Å². The second-order valence-corrected chi connectivity index (χ2v) is 5.12. The summed E-state index contributed by atoms with van der Waals surface area (Å²) in [6, 6.07) is 7.82. The molecule has 0 saturated carbocycles.